The maximum atomic E-state index is 13.0. The molecular formula is C20H18ClN3O2S. The molecule has 2 heterocycles. The molecule has 0 saturated carbocycles. The second-order valence-corrected chi connectivity index (χ2v) is 7.96. The lowest BCUT2D eigenvalue weighted by molar-refractivity contribution is -0.116. The van der Waals surface area contributed by atoms with E-state index in [4.69, 9.17) is 11.6 Å². The zero-order chi connectivity index (χ0) is 19.0. The highest BCUT2D eigenvalue weighted by Gasteiger charge is 2.37. The molecule has 0 amide bonds. The van der Waals surface area contributed by atoms with Gasteiger partial charge in [-0.3, -0.25) is 9.59 Å². The quantitative estimate of drug-likeness (QED) is 0.456. The van der Waals surface area contributed by atoms with Gasteiger partial charge in [0.25, 0.3) is 5.56 Å². The number of hydrogen-bond acceptors (Lipinski definition) is 5. The molecule has 1 aromatic carbocycles. The zero-order valence-corrected chi connectivity index (χ0v) is 16.1. The number of nitrogens with zero attached hydrogens (tertiary/aromatic N) is 1. The predicted molar refractivity (Wildman–Crippen MR) is 109 cm³/mol. The van der Waals surface area contributed by atoms with E-state index < -0.39 is 5.92 Å². The van der Waals surface area contributed by atoms with Crippen LogP contribution in [0.5, 0.6) is 0 Å². The van der Waals surface area contributed by atoms with Crippen molar-refractivity contribution in [2.24, 2.45) is 0 Å². The minimum atomic E-state index is -0.461. The van der Waals surface area contributed by atoms with Crippen LogP contribution in [0.4, 0.5) is 5.82 Å². The first-order valence-electron chi connectivity index (χ1n) is 8.75. The molecular weight excluding hydrogens is 382 g/mol. The molecule has 1 atom stereocenters. The first-order valence-corrected chi connectivity index (χ1v) is 10.1. The molecule has 1 aliphatic carbocycles. The van der Waals surface area contributed by atoms with Crippen molar-refractivity contribution in [3.8, 4) is 0 Å². The number of H-pyrrole nitrogens is 1. The smallest absolute Gasteiger partial charge is 0.257 e. The summed E-state index contributed by atoms with van der Waals surface area (Å²) in [5.41, 5.74) is 2.58. The highest BCUT2D eigenvalue weighted by Crippen LogP contribution is 2.43. The van der Waals surface area contributed by atoms with Crippen molar-refractivity contribution in [2.75, 3.05) is 11.1 Å². The van der Waals surface area contributed by atoms with E-state index in [1.807, 2.05) is 18.2 Å². The van der Waals surface area contributed by atoms with Gasteiger partial charge in [0.2, 0.25) is 0 Å². The maximum absolute atomic E-state index is 13.0. The van der Waals surface area contributed by atoms with Crippen molar-refractivity contribution in [1.82, 2.24) is 9.97 Å². The summed E-state index contributed by atoms with van der Waals surface area (Å²) < 4.78 is 0. The van der Waals surface area contributed by atoms with Gasteiger partial charge in [-0.15, -0.1) is 6.58 Å². The second-order valence-electron chi connectivity index (χ2n) is 6.52. The van der Waals surface area contributed by atoms with Crippen molar-refractivity contribution in [1.29, 1.82) is 0 Å². The molecule has 4 rings (SSSR count). The third kappa shape index (κ3) is 3.35. The number of halogens is 1. The van der Waals surface area contributed by atoms with E-state index in [2.05, 4.69) is 21.9 Å². The number of carbonyl (C=O) groups excluding carboxylic acids is 1. The van der Waals surface area contributed by atoms with Gasteiger partial charge in [0.1, 0.15) is 5.82 Å². The summed E-state index contributed by atoms with van der Waals surface area (Å²) in [6, 6.07) is 7.33. The standard InChI is InChI=1S/C20H18ClN3O2S/c1-2-9-27-20-23-18-17(19(26)24-20)15(11-5-3-6-12(21)10-11)16-13(22-18)7-4-8-14(16)25/h2-3,5-6,10,15H,1,4,7-9H2,(H2,22,23,24,26). The van der Waals surface area contributed by atoms with Crippen LogP contribution >= 0.6 is 23.4 Å². The van der Waals surface area contributed by atoms with Crippen LogP contribution in [-0.2, 0) is 4.79 Å². The van der Waals surface area contributed by atoms with E-state index in [1.165, 1.54) is 11.8 Å². The molecule has 2 aromatic rings. The van der Waals surface area contributed by atoms with Crippen molar-refractivity contribution in [3.63, 3.8) is 0 Å². The summed E-state index contributed by atoms with van der Waals surface area (Å²) in [6.45, 7) is 3.69. The monoisotopic (exact) mass is 399 g/mol. The van der Waals surface area contributed by atoms with Gasteiger partial charge < -0.3 is 10.3 Å². The van der Waals surface area contributed by atoms with Gasteiger partial charge in [0, 0.05) is 34.4 Å². The molecule has 5 nitrogen and oxygen atoms in total. The first kappa shape index (κ1) is 18.1. The summed E-state index contributed by atoms with van der Waals surface area (Å²) in [5.74, 6) is 0.774. The number of benzene rings is 1. The fraction of sp³-hybridized carbons (Fsp3) is 0.250. The van der Waals surface area contributed by atoms with E-state index in [0.29, 0.717) is 39.3 Å². The molecule has 27 heavy (non-hydrogen) atoms. The summed E-state index contributed by atoms with van der Waals surface area (Å²) in [6.07, 6.45) is 3.81. The number of fused-ring (bicyclic) bond motifs is 1. The third-order valence-electron chi connectivity index (χ3n) is 4.76. The lowest BCUT2D eigenvalue weighted by Gasteiger charge is -2.32. The number of allylic oxidation sites excluding steroid dienone is 2. The lowest BCUT2D eigenvalue weighted by Crippen LogP contribution is -2.32. The topological polar surface area (TPSA) is 74.8 Å². The predicted octanol–water partition coefficient (Wildman–Crippen LogP) is 4.27. The average Bonchev–Trinajstić information content (AvgIpc) is 2.65. The molecule has 1 aromatic heterocycles. The van der Waals surface area contributed by atoms with Crippen LogP contribution < -0.4 is 10.9 Å². The molecule has 0 saturated heterocycles. The molecule has 0 spiro atoms. The number of ketones is 1. The highest BCUT2D eigenvalue weighted by atomic mass is 35.5. The first-order chi connectivity index (χ1) is 13.1. The van der Waals surface area contributed by atoms with Crippen molar-refractivity contribution in [2.45, 2.75) is 30.3 Å². The van der Waals surface area contributed by atoms with E-state index in [1.54, 1.807) is 12.1 Å². The number of Topliss-reactive ketones (excluding diaryl/α,β-unsaturated/α-hetero) is 1. The number of nitrogens with one attached hydrogen (secondary N) is 2. The number of hydrogen-bond donors (Lipinski definition) is 2. The number of aromatic amines is 1. The summed E-state index contributed by atoms with van der Waals surface area (Å²) in [4.78, 5) is 33.1. The van der Waals surface area contributed by atoms with Crippen LogP contribution in [0, 0.1) is 0 Å². The van der Waals surface area contributed by atoms with Crippen LogP contribution in [0.2, 0.25) is 5.02 Å². The molecule has 7 heteroatoms. The largest absolute Gasteiger partial charge is 0.343 e. The Morgan fingerprint density at radius 1 is 1.33 bits per heavy atom. The van der Waals surface area contributed by atoms with Gasteiger partial charge in [0.15, 0.2) is 10.9 Å². The fourth-order valence-electron chi connectivity index (χ4n) is 3.67. The van der Waals surface area contributed by atoms with Crippen LogP contribution in [0.1, 0.15) is 36.3 Å². The Labute approximate surface area is 165 Å². The maximum Gasteiger partial charge on any atom is 0.257 e. The third-order valence-corrected chi connectivity index (χ3v) is 5.86. The summed E-state index contributed by atoms with van der Waals surface area (Å²) >= 11 is 7.60. The molecule has 138 valence electrons. The van der Waals surface area contributed by atoms with Gasteiger partial charge in [0.05, 0.1) is 5.56 Å². The fourth-order valence-corrected chi connectivity index (χ4v) is 4.46. The molecule has 0 radical (unpaired) electrons. The number of anilines is 1. The van der Waals surface area contributed by atoms with Crippen molar-refractivity contribution < 1.29 is 4.79 Å². The van der Waals surface area contributed by atoms with Gasteiger partial charge in [-0.2, -0.15) is 0 Å². The van der Waals surface area contributed by atoms with Gasteiger partial charge in [-0.25, -0.2) is 4.98 Å². The van der Waals surface area contributed by atoms with Gasteiger partial charge in [-0.05, 0) is 30.5 Å². The Bertz CT molecular complexity index is 1030. The Kier molecular flexibility index (Phi) is 4.93. The molecule has 1 aliphatic heterocycles. The highest BCUT2D eigenvalue weighted by molar-refractivity contribution is 7.99. The van der Waals surface area contributed by atoms with Crippen molar-refractivity contribution >= 4 is 35.0 Å². The molecule has 0 bridgehead atoms. The number of aromatic nitrogens is 2. The summed E-state index contributed by atoms with van der Waals surface area (Å²) in [5, 5.41) is 4.36. The van der Waals surface area contributed by atoms with Gasteiger partial charge in [-0.1, -0.05) is 41.6 Å². The van der Waals surface area contributed by atoms with E-state index in [9.17, 15) is 9.59 Å². The van der Waals surface area contributed by atoms with Crippen LogP contribution in [0.3, 0.4) is 0 Å². The normalized spacial score (nSPS) is 18.6. The van der Waals surface area contributed by atoms with Gasteiger partial charge >= 0.3 is 0 Å². The van der Waals surface area contributed by atoms with Crippen LogP contribution in [0.15, 0.2) is 58.1 Å². The van der Waals surface area contributed by atoms with E-state index in [-0.39, 0.29) is 11.3 Å². The Hall–Kier alpha value is -2.31. The van der Waals surface area contributed by atoms with Crippen LogP contribution in [-0.4, -0.2) is 21.5 Å². The summed E-state index contributed by atoms with van der Waals surface area (Å²) in [7, 11) is 0. The molecule has 1 unspecified atom stereocenters. The zero-order valence-electron chi connectivity index (χ0n) is 14.5. The van der Waals surface area contributed by atoms with Crippen molar-refractivity contribution in [3.05, 3.63) is 74.7 Å². The van der Waals surface area contributed by atoms with E-state index in [0.717, 1.165) is 24.1 Å². The SMILES string of the molecule is C=CCSc1nc2c(c(=O)[nH]1)C(c1cccc(Cl)c1)C1=C(CCCC1=O)N2. The number of thioether (sulfide) groups is 1. The van der Waals surface area contributed by atoms with E-state index >= 15 is 0 Å². The minimum Gasteiger partial charge on any atom is -0.343 e. The Balaban J connectivity index is 1.92. The Morgan fingerprint density at radius 3 is 2.96 bits per heavy atom. The molecule has 0 fully saturated rings. The number of carbonyl (C=O) groups is 1. The van der Waals surface area contributed by atoms with Crippen LogP contribution in [0.25, 0.3) is 0 Å². The lowest BCUT2D eigenvalue weighted by atomic mass is 9.76. The molecule has 2 aliphatic rings. The Morgan fingerprint density at radius 2 is 2.19 bits per heavy atom. The average molecular weight is 400 g/mol. The minimum absolute atomic E-state index is 0.0730. The second kappa shape index (κ2) is 7.37. The molecule has 2 N–H and O–H groups in total. The number of rotatable bonds is 4.